The van der Waals surface area contributed by atoms with Crippen molar-refractivity contribution in [3.8, 4) is 11.5 Å². The van der Waals surface area contributed by atoms with Crippen LogP contribution in [-0.2, 0) is 0 Å². The van der Waals surface area contributed by atoms with Gasteiger partial charge >= 0.3 is 18.9 Å². The van der Waals surface area contributed by atoms with Crippen molar-refractivity contribution in [3.05, 3.63) is 53.1 Å². The smallest absolute Gasteiger partial charge is 0.497 e. The molecule has 0 heterocycles. The third-order valence-electron chi connectivity index (χ3n) is 2.71. The average Bonchev–Trinajstić information content (AvgIpc) is 2.47. The van der Waals surface area contributed by atoms with Crippen LogP contribution >= 0.6 is 20.2 Å². The zero-order chi connectivity index (χ0) is 14.5. The molecule has 2 aromatic rings. The normalized spacial score (nSPS) is 10.2. The van der Waals surface area contributed by atoms with Gasteiger partial charge in [-0.25, -0.2) is 0 Å². The number of carbonyl (C=O) groups is 1. The quantitative estimate of drug-likeness (QED) is 0.604. The molecule has 0 bridgehead atoms. The summed E-state index contributed by atoms with van der Waals surface area (Å²) in [5.41, 5.74) is 0.312. The Labute approximate surface area is 142 Å². The van der Waals surface area contributed by atoms with Gasteiger partial charge in [-0.15, -0.1) is 0 Å². The van der Waals surface area contributed by atoms with Crippen LogP contribution in [-0.4, -0.2) is 19.7 Å². The standard InChI is InChI=1S/C15H13ClO3P.Li/c1-18-10-6-8-11(9-7-10)20-15(17)14-12(16)4-3-5-13(14)19-2;/h3-9H,1-2H3;/q-1;+1. The van der Waals surface area contributed by atoms with Gasteiger partial charge in [-0.2, -0.15) is 5.30 Å². The Balaban J connectivity index is 0.00000220. The fourth-order valence-electron chi connectivity index (χ4n) is 1.71. The number of ether oxygens (including phenoxy) is 2. The van der Waals surface area contributed by atoms with Crippen LogP contribution in [0.15, 0.2) is 42.5 Å². The van der Waals surface area contributed by atoms with Gasteiger partial charge in [0.1, 0.15) is 11.5 Å². The Bertz CT molecular complexity index is 617. The molecule has 0 amide bonds. The minimum atomic E-state index is -0.0994. The largest absolute Gasteiger partial charge is 1.00 e. The SMILES string of the molecule is COc1ccc([P-]C(=O)c2c(Cl)cccc2OC)cc1.[Li+]. The summed E-state index contributed by atoms with van der Waals surface area (Å²) in [7, 11) is 3.67. The van der Waals surface area contributed by atoms with E-state index >= 15 is 0 Å². The van der Waals surface area contributed by atoms with Gasteiger partial charge in [0.2, 0.25) is 0 Å². The van der Waals surface area contributed by atoms with Crippen molar-refractivity contribution in [3.63, 3.8) is 0 Å². The van der Waals surface area contributed by atoms with Crippen molar-refractivity contribution in [2.45, 2.75) is 0 Å². The molecule has 0 fully saturated rings. The second kappa shape index (κ2) is 8.47. The first-order valence-electron chi connectivity index (χ1n) is 5.88. The molecule has 6 heteroatoms. The summed E-state index contributed by atoms with van der Waals surface area (Å²) in [4.78, 5) is 12.4. The summed E-state index contributed by atoms with van der Waals surface area (Å²) in [5.74, 6) is 1.25. The van der Waals surface area contributed by atoms with Crippen molar-refractivity contribution in [1.82, 2.24) is 0 Å². The van der Waals surface area contributed by atoms with E-state index in [0.717, 1.165) is 11.1 Å². The molecule has 0 aromatic heterocycles. The van der Waals surface area contributed by atoms with Gasteiger partial charge in [-0.1, -0.05) is 29.8 Å². The Hall–Kier alpha value is -0.973. The van der Waals surface area contributed by atoms with E-state index in [1.807, 2.05) is 24.3 Å². The molecule has 0 aliphatic heterocycles. The summed E-state index contributed by atoms with van der Waals surface area (Å²) in [6, 6.07) is 12.5. The number of hydrogen-bond acceptors (Lipinski definition) is 3. The molecule has 104 valence electrons. The summed E-state index contributed by atoms with van der Waals surface area (Å²) in [6.07, 6.45) is 0. The van der Waals surface area contributed by atoms with E-state index in [-0.39, 0.29) is 24.4 Å². The first-order chi connectivity index (χ1) is 9.65. The average molecular weight is 315 g/mol. The number of carbonyl (C=O) groups excluding carboxylic acids is 1. The maximum absolute atomic E-state index is 12.4. The van der Waals surface area contributed by atoms with Gasteiger partial charge in [0.15, 0.2) is 0 Å². The third-order valence-corrected chi connectivity index (χ3v) is 4.01. The van der Waals surface area contributed by atoms with E-state index in [2.05, 4.69) is 0 Å². The van der Waals surface area contributed by atoms with Crippen molar-refractivity contribution < 1.29 is 33.1 Å². The van der Waals surface area contributed by atoms with Crippen LogP contribution in [0.25, 0.3) is 0 Å². The molecular weight excluding hydrogens is 302 g/mol. The number of hydrogen-bond donors (Lipinski definition) is 0. The first-order valence-corrected chi connectivity index (χ1v) is 7.15. The van der Waals surface area contributed by atoms with Crippen molar-refractivity contribution >= 4 is 31.0 Å². The predicted molar refractivity (Wildman–Crippen MR) is 81.9 cm³/mol. The zero-order valence-electron chi connectivity index (χ0n) is 12.1. The van der Waals surface area contributed by atoms with Crippen LogP contribution in [0.1, 0.15) is 10.4 Å². The second-order valence-corrected chi connectivity index (χ2v) is 5.49. The van der Waals surface area contributed by atoms with Crippen LogP contribution in [0.5, 0.6) is 11.5 Å². The van der Waals surface area contributed by atoms with E-state index < -0.39 is 0 Å². The van der Waals surface area contributed by atoms with E-state index in [0.29, 0.717) is 24.9 Å². The van der Waals surface area contributed by atoms with Gasteiger partial charge in [0, 0.05) is 11.1 Å². The molecule has 0 aliphatic rings. The maximum Gasteiger partial charge on any atom is 1.00 e. The van der Waals surface area contributed by atoms with Gasteiger partial charge in [0.25, 0.3) is 0 Å². The van der Waals surface area contributed by atoms with Crippen LogP contribution in [0, 0.1) is 0 Å². The van der Waals surface area contributed by atoms with Crippen LogP contribution in [0.4, 0.5) is 0 Å². The summed E-state index contributed by atoms with van der Waals surface area (Å²) < 4.78 is 10.3. The van der Waals surface area contributed by atoms with E-state index in [1.54, 1.807) is 25.3 Å². The Morgan fingerprint density at radius 3 is 2.29 bits per heavy atom. The molecule has 0 radical (unpaired) electrons. The molecule has 0 spiro atoms. The van der Waals surface area contributed by atoms with Crippen molar-refractivity contribution in [2.75, 3.05) is 14.2 Å². The topological polar surface area (TPSA) is 35.5 Å². The Kier molecular flexibility index (Phi) is 7.29. The van der Waals surface area contributed by atoms with E-state index in [9.17, 15) is 4.79 Å². The summed E-state index contributed by atoms with van der Waals surface area (Å²) in [6.45, 7) is 0. The number of methoxy groups -OCH3 is 2. The molecule has 2 rings (SSSR count). The monoisotopic (exact) mass is 314 g/mol. The van der Waals surface area contributed by atoms with Gasteiger partial charge in [-0.05, 0) is 24.3 Å². The number of benzene rings is 2. The fraction of sp³-hybridized carbons (Fsp3) is 0.133. The zero-order valence-corrected chi connectivity index (χ0v) is 13.7. The summed E-state index contributed by atoms with van der Waals surface area (Å²) in [5, 5.41) is 1.27. The fourth-order valence-corrected chi connectivity index (χ4v) is 2.90. The molecule has 0 saturated carbocycles. The first kappa shape index (κ1) is 18.1. The molecule has 0 aliphatic carbocycles. The van der Waals surface area contributed by atoms with Crippen LogP contribution < -0.4 is 33.6 Å². The van der Waals surface area contributed by atoms with Crippen molar-refractivity contribution in [2.24, 2.45) is 0 Å². The second-order valence-electron chi connectivity index (χ2n) is 3.93. The minimum absolute atomic E-state index is 0. The predicted octanol–water partition coefficient (Wildman–Crippen LogP) is 0.773. The number of halogens is 1. The third kappa shape index (κ3) is 4.50. The maximum atomic E-state index is 12.4. The van der Waals surface area contributed by atoms with Crippen molar-refractivity contribution in [1.29, 1.82) is 0 Å². The molecule has 21 heavy (non-hydrogen) atoms. The van der Waals surface area contributed by atoms with Gasteiger partial charge < -0.3 is 22.8 Å². The van der Waals surface area contributed by atoms with E-state index in [1.165, 1.54) is 7.11 Å². The minimum Gasteiger partial charge on any atom is -0.497 e. The molecule has 0 atom stereocenters. The molecule has 0 saturated heterocycles. The van der Waals surface area contributed by atoms with Crippen LogP contribution in [0.3, 0.4) is 0 Å². The number of rotatable bonds is 5. The molecule has 3 nitrogen and oxygen atoms in total. The Morgan fingerprint density at radius 2 is 1.71 bits per heavy atom. The molecular formula is C15H13ClLiO3P. The van der Waals surface area contributed by atoms with Gasteiger partial charge in [0.05, 0.1) is 19.2 Å². The molecule has 0 N–H and O–H groups in total. The Morgan fingerprint density at radius 1 is 1.05 bits per heavy atom. The summed E-state index contributed by atoms with van der Waals surface area (Å²) >= 11 is 6.09. The van der Waals surface area contributed by atoms with Crippen LogP contribution in [0.2, 0.25) is 5.02 Å². The molecule has 2 aromatic carbocycles. The van der Waals surface area contributed by atoms with E-state index in [4.69, 9.17) is 21.1 Å². The molecule has 0 unspecified atom stereocenters. The van der Waals surface area contributed by atoms with Gasteiger partial charge in [-0.3, -0.25) is 0 Å².